The van der Waals surface area contributed by atoms with Crippen molar-refractivity contribution in [2.75, 3.05) is 26.7 Å². The van der Waals surface area contributed by atoms with E-state index in [-0.39, 0.29) is 13.2 Å². The number of aliphatic hydroxyl groups is 1. The SMILES string of the molecule is C=C(C#Cc1cc2c([nH]1)=NCC(F)C=2)/C=C\C(=C/C)N(C)CCCO. The third-order valence-electron chi connectivity index (χ3n) is 3.81. The van der Waals surface area contributed by atoms with E-state index in [4.69, 9.17) is 5.11 Å². The number of aliphatic hydroxyl groups excluding tert-OH is 1. The molecule has 132 valence electrons. The highest BCUT2D eigenvalue weighted by Crippen LogP contribution is 2.06. The summed E-state index contributed by atoms with van der Waals surface area (Å²) in [5.74, 6) is 5.98. The van der Waals surface area contributed by atoms with Crippen LogP contribution in [0.25, 0.3) is 6.08 Å². The van der Waals surface area contributed by atoms with E-state index in [1.165, 1.54) is 0 Å². The van der Waals surface area contributed by atoms with Gasteiger partial charge in [0.05, 0.1) is 12.2 Å². The van der Waals surface area contributed by atoms with Crippen molar-refractivity contribution in [3.63, 3.8) is 0 Å². The minimum atomic E-state index is -1.02. The van der Waals surface area contributed by atoms with Crippen molar-refractivity contribution in [2.24, 2.45) is 4.99 Å². The largest absolute Gasteiger partial charge is 0.396 e. The molecular formula is C20H24FN3O. The number of allylic oxidation sites excluding steroid dienone is 4. The first kappa shape index (κ1) is 18.8. The average Bonchev–Trinajstić information content (AvgIpc) is 3.00. The zero-order valence-electron chi connectivity index (χ0n) is 14.7. The fourth-order valence-electron chi connectivity index (χ4n) is 2.47. The minimum absolute atomic E-state index is 0.158. The van der Waals surface area contributed by atoms with Gasteiger partial charge in [-0.25, -0.2) is 4.39 Å². The maximum absolute atomic E-state index is 13.3. The number of halogens is 1. The normalized spacial score (nSPS) is 16.5. The molecule has 0 fully saturated rings. The molecule has 2 heterocycles. The molecule has 25 heavy (non-hydrogen) atoms. The molecule has 0 spiro atoms. The Morgan fingerprint density at radius 2 is 2.36 bits per heavy atom. The van der Waals surface area contributed by atoms with Gasteiger partial charge in [-0.1, -0.05) is 18.6 Å². The highest BCUT2D eigenvalue weighted by atomic mass is 19.1. The molecule has 4 nitrogen and oxygen atoms in total. The second-order valence-corrected chi connectivity index (χ2v) is 5.83. The zero-order chi connectivity index (χ0) is 18.2. The molecule has 0 bridgehead atoms. The number of rotatable bonds is 6. The van der Waals surface area contributed by atoms with Crippen LogP contribution in [-0.4, -0.2) is 47.9 Å². The van der Waals surface area contributed by atoms with Crippen LogP contribution in [0.3, 0.4) is 0 Å². The lowest BCUT2D eigenvalue weighted by atomic mass is 10.2. The van der Waals surface area contributed by atoms with Crippen LogP contribution in [0, 0.1) is 11.8 Å². The summed E-state index contributed by atoms with van der Waals surface area (Å²) in [5, 5.41) is 9.67. The predicted molar refractivity (Wildman–Crippen MR) is 99.0 cm³/mol. The number of fused-ring (bicyclic) bond motifs is 1. The highest BCUT2D eigenvalue weighted by Gasteiger charge is 2.07. The predicted octanol–water partition coefficient (Wildman–Crippen LogP) is 1.45. The Bertz CT molecular complexity index is 852. The van der Waals surface area contributed by atoms with Gasteiger partial charge in [-0.15, -0.1) is 0 Å². The molecule has 0 radical (unpaired) electrons. The topological polar surface area (TPSA) is 51.6 Å². The van der Waals surface area contributed by atoms with Gasteiger partial charge >= 0.3 is 0 Å². The standard InChI is InChI=1S/C20H24FN3O/c1-4-19(24(3)10-5-11-25)9-7-15(2)6-8-18-13-16-12-17(21)14-22-20(16)23-18/h4,7,9,12-13,17,25H,2,5,10-11,14H2,1,3H3,(H,22,23)/b9-7-,19-4+. The van der Waals surface area contributed by atoms with Crippen LogP contribution in [0.2, 0.25) is 0 Å². The van der Waals surface area contributed by atoms with Crippen molar-refractivity contribution in [1.82, 2.24) is 9.88 Å². The number of alkyl halides is 1. The molecule has 1 aromatic heterocycles. The third-order valence-corrected chi connectivity index (χ3v) is 3.81. The van der Waals surface area contributed by atoms with Crippen molar-refractivity contribution in [1.29, 1.82) is 0 Å². The molecule has 0 amide bonds. The van der Waals surface area contributed by atoms with Crippen LogP contribution in [0.15, 0.2) is 47.1 Å². The van der Waals surface area contributed by atoms with Crippen molar-refractivity contribution >= 4 is 6.08 Å². The number of H-pyrrole nitrogens is 1. The molecule has 2 N–H and O–H groups in total. The van der Waals surface area contributed by atoms with Gasteiger partial charge in [0.25, 0.3) is 0 Å². The Hall–Kier alpha value is -2.58. The van der Waals surface area contributed by atoms with Gasteiger partial charge in [0.1, 0.15) is 11.7 Å². The van der Waals surface area contributed by atoms with Gasteiger partial charge in [-0.3, -0.25) is 4.99 Å². The van der Waals surface area contributed by atoms with Crippen LogP contribution in [0.1, 0.15) is 19.0 Å². The molecule has 0 saturated heterocycles. The van der Waals surface area contributed by atoms with Crippen LogP contribution in [-0.2, 0) is 0 Å². The fourth-order valence-corrected chi connectivity index (χ4v) is 2.47. The van der Waals surface area contributed by atoms with Crippen LogP contribution in [0.5, 0.6) is 0 Å². The van der Waals surface area contributed by atoms with Gasteiger partial charge < -0.3 is 15.0 Å². The molecule has 1 aliphatic heterocycles. The van der Waals surface area contributed by atoms with E-state index in [2.05, 4.69) is 33.3 Å². The summed E-state index contributed by atoms with van der Waals surface area (Å²) < 4.78 is 13.3. The number of hydrogen-bond donors (Lipinski definition) is 2. The lowest BCUT2D eigenvalue weighted by Crippen LogP contribution is -2.30. The number of aromatic amines is 1. The number of nitrogens with zero attached hydrogens (tertiary/aromatic N) is 2. The second-order valence-electron chi connectivity index (χ2n) is 5.83. The number of hydrogen-bond acceptors (Lipinski definition) is 3. The van der Waals surface area contributed by atoms with Crippen LogP contribution in [0.4, 0.5) is 4.39 Å². The summed E-state index contributed by atoms with van der Waals surface area (Å²) in [6.45, 7) is 7.02. The molecule has 1 atom stereocenters. The van der Waals surface area contributed by atoms with Gasteiger partial charge in [0.15, 0.2) is 0 Å². The first-order chi connectivity index (χ1) is 12.0. The molecule has 0 saturated carbocycles. The molecule has 1 unspecified atom stereocenters. The van der Waals surface area contributed by atoms with Gasteiger partial charge in [-0.05, 0) is 43.6 Å². The van der Waals surface area contributed by atoms with Gasteiger partial charge in [0, 0.05) is 36.7 Å². The lowest BCUT2D eigenvalue weighted by molar-refractivity contribution is 0.266. The lowest BCUT2D eigenvalue weighted by Gasteiger charge is -2.19. The Labute approximate surface area is 147 Å². The van der Waals surface area contributed by atoms with Crippen LogP contribution < -0.4 is 10.7 Å². The smallest absolute Gasteiger partial charge is 0.139 e. The van der Waals surface area contributed by atoms with E-state index in [1.807, 2.05) is 32.2 Å². The monoisotopic (exact) mass is 341 g/mol. The average molecular weight is 341 g/mol. The Kier molecular flexibility index (Phi) is 6.79. The quantitative estimate of drug-likeness (QED) is 0.608. The number of likely N-dealkylation sites (N-methyl/N-ethyl adjacent to an activating group) is 1. The van der Waals surface area contributed by atoms with E-state index in [1.54, 1.807) is 12.1 Å². The molecule has 0 aliphatic carbocycles. The van der Waals surface area contributed by atoms with Crippen molar-refractivity contribution in [3.05, 3.63) is 58.5 Å². The third kappa shape index (κ3) is 5.47. The summed E-state index contributed by atoms with van der Waals surface area (Å²) in [7, 11) is 1.98. The molecule has 5 heteroatoms. The maximum atomic E-state index is 13.3. The first-order valence-electron chi connectivity index (χ1n) is 8.30. The molecule has 0 aromatic carbocycles. The van der Waals surface area contributed by atoms with Crippen molar-refractivity contribution in [2.45, 2.75) is 19.5 Å². The minimum Gasteiger partial charge on any atom is -0.396 e. The Morgan fingerprint density at radius 3 is 3.08 bits per heavy atom. The van der Waals surface area contributed by atoms with E-state index in [0.29, 0.717) is 16.8 Å². The van der Waals surface area contributed by atoms with E-state index in [0.717, 1.165) is 23.9 Å². The molecule has 2 rings (SSSR count). The second kappa shape index (κ2) is 9.05. The maximum Gasteiger partial charge on any atom is 0.139 e. The number of nitrogens with one attached hydrogen (secondary N) is 1. The summed E-state index contributed by atoms with van der Waals surface area (Å²) in [6.07, 6.45) is 7.06. The molecular weight excluding hydrogens is 317 g/mol. The van der Waals surface area contributed by atoms with Gasteiger partial charge in [-0.2, -0.15) is 0 Å². The summed E-state index contributed by atoms with van der Waals surface area (Å²) in [6, 6.07) is 1.80. The molecule has 1 aromatic rings. The van der Waals surface area contributed by atoms with E-state index < -0.39 is 6.17 Å². The van der Waals surface area contributed by atoms with Crippen LogP contribution >= 0.6 is 0 Å². The van der Waals surface area contributed by atoms with Crippen molar-refractivity contribution < 1.29 is 9.50 Å². The number of aromatic nitrogens is 1. The first-order valence-corrected chi connectivity index (χ1v) is 8.30. The Morgan fingerprint density at radius 1 is 1.56 bits per heavy atom. The summed E-state index contributed by atoms with van der Waals surface area (Å²) in [5.41, 5.74) is 3.09. The zero-order valence-corrected chi connectivity index (χ0v) is 14.7. The highest BCUT2D eigenvalue weighted by molar-refractivity contribution is 5.44. The fraction of sp³-hybridized carbons (Fsp3) is 0.350. The molecule has 1 aliphatic rings. The van der Waals surface area contributed by atoms with E-state index in [9.17, 15) is 4.39 Å². The summed E-state index contributed by atoms with van der Waals surface area (Å²) >= 11 is 0. The summed E-state index contributed by atoms with van der Waals surface area (Å²) in [4.78, 5) is 9.29. The van der Waals surface area contributed by atoms with Crippen molar-refractivity contribution in [3.8, 4) is 11.8 Å². The Balaban J connectivity index is 2.04. The van der Waals surface area contributed by atoms with Gasteiger partial charge in [0.2, 0.25) is 0 Å². The van der Waals surface area contributed by atoms with E-state index >= 15 is 0 Å².